The summed E-state index contributed by atoms with van der Waals surface area (Å²) in [6.45, 7) is 7.11. The maximum Gasteiger partial charge on any atom is 0.234 e. The molecule has 0 aliphatic carbocycles. The molecule has 1 aromatic carbocycles. The number of benzene rings is 1. The zero-order chi connectivity index (χ0) is 22.7. The molecule has 0 bridgehead atoms. The molecule has 1 amide bonds. The molecule has 1 atom stereocenters. The Morgan fingerprint density at radius 3 is 2.75 bits per heavy atom. The molecule has 1 aliphatic rings. The van der Waals surface area contributed by atoms with Crippen LogP contribution >= 0.6 is 50.8 Å². The second-order valence-electron chi connectivity index (χ2n) is 7.96. The van der Waals surface area contributed by atoms with Crippen molar-refractivity contribution < 1.29 is 9.53 Å². The Morgan fingerprint density at radius 1 is 1.25 bits per heavy atom. The molecule has 32 heavy (non-hydrogen) atoms. The maximum atomic E-state index is 12.6. The Morgan fingerprint density at radius 2 is 2.03 bits per heavy atom. The van der Waals surface area contributed by atoms with Crippen LogP contribution in [0.5, 0.6) is 0 Å². The molecule has 3 heterocycles. The predicted molar refractivity (Wildman–Crippen MR) is 139 cm³/mol. The Balaban J connectivity index is 1.61. The van der Waals surface area contributed by atoms with Gasteiger partial charge in [0.05, 0.1) is 18.0 Å². The van der Waals surface area contributed by atoms with Crippen molar-refractivity contribution in [2.24, 2.45) is 0 Å². The standard InChI is InChI=1S/C23H26BrN3O2S3/c1-4-10-30-22-26-20(31-13-18(28)25-15-8-6-14(24)7-9-15)19-16-11-23(3,5-2)29-12-17(16)32-21(19)27-22/h6-9H,4-5,10-13H2,1-3H3,(H,25,28)/t23-/m1/s1. The van der Waals surface area contributed by atoms with Crippen LogP contribution in [0.25, 0.3) is 10.2 Å². The fraction of sp³-hybridized carbons (Fsp3) is 0.435. The first-order valence-corrected chi connectivity index (χ1v) is 14.3. The van der Waals surface area contributed by atoms with Crippen molar-refractivity contribution in [3.8, 4) is 0 Å². The van der Waals surface area contributed by atoms with Gasteiger partial charge in [-0.15, -0.1) is 11.3 Å². The molecule has 1 N–H and O–H groups in total. The van der Waals surface area contributed by atoms with E-state index >= 15 is 0 Å². The lowest BCUT2D eigenvalue weighted by Crippen LogP contribution is -2.33. The SMILES string of the molecule is CCCSc1nc(SCC(=O)Nc2ccc(Br)cc2)c2c3c(sc2n1)CO[C@](C)(CC)C3. The number of nitrogens with one attached hydrogen (secondary N) is 1. The second-order valence-corrected chi connectivity index (χ2v) is 12.0. The minimum absolute atomic E-state index is 0.0438. The molecule has 0 unspecified atom stereocenters. The van der Waals surface area contributed by atoms with Crippen LogP contribution in [0.3, 0.4) is 0 Å². The summed E-state index contributed by atoms with van der Waals surface area (Å²) in [4.78, 5) is 24.6. The predicted octanol–water partition coefficient (Wildman–Crippen LogP) is 6.93. The van der Waals surface area contributed by atoms with Crippen LogP contribution in [0.2, 0.25) is 0 Å². The van der Waals surface area contributed by atoms with Gasteiger partial charge in [0, 0.05) is 32.6 Å². The Labute approximate surface area is 209 Å². The van der Waals surface area contributed by atoms with Gasteiger partial charge in [-0.1, -0.05) is 53.3 Å². The third-order valence-electron chi connectivity index (χ3n) is 5.43. The minimum atomic E-state index is -0.169. The zero-order valence-corrected chi connectivity index (χ0v) is 22.4. The maximum absolute atomic E-state index is 12.6. The van der Waals surface area contributed by atoms with Crippen molar-refractivity contribution in [3.63, 3.8) is 0 Å². The number of rotatable bonds is 8. The van der Waals surface area contributed by atoms with Crippen molar-refractivity contribution in [3.05, 3.63) is 39.2 Å². The Bertz CT molecular complexity index is 1120. The number of hydrogen-bond donors (Lipinski definition) is 1. The summed E-state index contributed by atoms with van der Waals surface area (Å²) in [5.74, 6) is 1.23. The largest absolute Gasteiger partial charge is 0.369 e. The number of hydrogen-bond acceptors (Lipinski definition) is 7. The van der Waals surface area contributed by atoms with Crippen molar-refractivity contribution in [1.82, 2.24) is 9.97 Å². The molecule has 4 rings (SSSR count). The number of amides is 1. The van der Waals surface area contributed by atoms with Crippen LogP contribution < -0.4 is 5.32 Å². The number of thiophene rings is 1. The minimum Gasteiger partial charge on any atom is -0.369 e. The van der Waals surface area contributed by atoms with Crippen molar-refractivity contribution in [2.75, 3.05) is 16.8 Å². The highest BCUT2D eigenvalue weighted by atomic mass is 79.9. The van der Waals surface area contributed by atoms with E-state index in [0.29, 0.717) is 12.4 Å². The van der Waals surface area contributed by atoms with Crippen LogP contribution in [0, 0.1) is 0 Å². The van der Waals surface area contributed by atoms with Crippen molar-refractivity contribution in [2.45, 2.75) is 62.4 Å². The van der Waals surface area contributed by atoms with E-state index in [1.807, 2.05) is 24.3 Å². The van der Waals surface area contributed by atoms with Gasteiger partial charge in [-0.05, 0) is 49.6 Å². The van der Waals surface area contributed by atoms with E-state index in [1.54, 1.807) is 23.1 Å². The van der Waals surface area contributed by atoms with Gasteiger partial charge >= 0.3 is 0 Å². The highest BCUT2D eigenvalue weighted by Gasteiger charge is 2.33. The first kappa shape index (κ1) is 24.0. The average molecular weight is 553 g/mol. The second kappa shape index (κ2) is 10.4. The van der Waals surface area contributed by atoms with Crippen molar-refractivity contribution in [1.29, 1.82) is 0 Å². The molecule has 0 saturated carbocycles. The van der Waals surface area contributed by atoms with E-state index in [1.165, 1.54) is 22.2 Å². The molecule has 5 nitrogen and oxygen atoms in total. The lowest BCUT2D eigenvalue weighted by molar-refractivity contribution is -0.113. The molecule has 0 spiro atoms. The summed E-state index contributed by atoms with van der Waals surface area (Å²) >= 11 is 8.29. The third-order valence-corrected chi connectivity index (χ3v) is 9.09. The summed E-state index contributed by atoms with van der Waals surface area (Å²) in [6, 6.07) is 7.60. The van der Waals surface area contributed by atoms with Gasteiger partial charge in [-0.3, -0.25) is 4.79 Å². The summed E-state index contributed by atoms with van der Waals surface area (Å²) in [5, 5.41) is 5.76. The fourth-order valence-electron chi connectivity index (χ4n) is 3.47. The molecule has 3 aromatic rings. The van der Waals surface area contributed by atoms with Gasteiger partial charge in [0.15, 0.2) is 5.16 Å². The van der Waals surface area contributed by atoms with E-state index in [0.717, 1.165) is 55.6 Å². The van der Waals surface area contributed by atoms with Gasteiger partial charge < -0.3 is 10.1 Å². The van der Waals surface area contributed by atoms with Crippen LogP contribution in [0.4, 0.5) is 5.69 Å². The Hall–Kier alpha value is -1.13. The zero-order valence-electron chi connectivity index (χ0n) is 18.4. The molecular formula is C23H26BrN3O2S3. The van der Waals surface area contributed by atoms with Gasteiger partial charge in [-0.25, -0.2) is 9.97 Å². The first-order valence-electron chi connectivity index (χ1n) is 10.7. The monoisotopic (exact) mass is 551 g/mol. The average Bonchev–Trinajstić information content (AvgIpc) is 3.15. The molecule has 9 heteroatoms. The Kier molecular flexibility index (Phi) is 7.82. The van der Waals surface area contributed by atoms with E-state index in [2.05, 4.69) is 42.0 Å². The number of ether oxygens (including phenoxy) is 1. The van der Waals surface area contributed by atoms with Crippen LogP contribution in [0.1, 0.15) is 44.1 Å². The number of carbonyl (C=O) groups is 1. The van der Waals surface area contributed by atoms with Crippen LogP contribution in [-0.4, -0.2) is 33.0 Å². The number of anilines is 1. The van der Waals surface area contributed by atoms with Gasteiger partial charge in [0.1, 0.15) is 9.86 Å². The lowest BCUT2D eigenvalue weighted by atomic mass is 9.90. The summed E-state index contributed by atoms with van der Waals surface area (Å²) in [5.41, 5.74) is 1.91. The number of carbonyl (C=O) groups excluding carboxylic acids is 1. The first-order chi connectivity index (χ1) is 15.4. The third kappa shape index (κ3) is 5.50. The smallest absolute Gasteiger partial charge is 0.234 e. The number of aromatic nitrogens is 2. The number of nitrogens with zero attached hydrogens (tertiary/aromatic N) is 2. The van der Waals surface area contributed by atoms with Gasteiger partial charge in [0.25, 0.3) is 0 Å². The van der Waals surface area contributed by atoms with Gasteiger partial charge in [-0.2, -0.15) is 0 Å². The molecule has 0 fully saturated rings. The number of fused-ring (bicyclic) bond motifs is 3. The molecule has 170 valence electrons. The molecule has 0 saturated heterocycles. The normalized spacial score (nSPS) is 18.0. The lowest BCUT2D eigenvalue weighted by Gasteiger charge is -2.33. The molecule has 0 radical (unpaired) electrons. The summed E-state index contributed by atoms with van der Waals surface area (Å²) < 4.78 is 7.14. The summed E-state index contributed by atoms with van der Waals surface area (Å²) in [7, 11) is 0. The molecule has 1 aliphatic heterocycles. The highest BCUT2D eigenvalue weighted by Crippen LogP contribution is 2.43. The van der Waals surface area contributed by atoms with Crippen LogP contribution in [-0.2, 0) is 22.6 Å². The van der Waals surface area contributed by atoms with Crippen LogP contribution in [0.15, 0.2) is 38.9 Å². The number of thioether (sulfide) groups is 2. The molecular weight excluding hydrogens is 526 g/mol. The van der Waals surface area contributed by atoms with Gasteiger partial charge in [0.2, 0.25) is 5.91 Å². The quantitative estimate of drug-likeness (QED) is 0.186. The molecule has 2 aromatic heterocycles. The number of halogens is 1. The van der Waals surface area contributed by atoms with E-state index in [4.69, 9.17) is 14.7 Å². The highest BCUT2D eigenvalue weighted by molar-refractivity contribution is 9.10. The topological polar surface area (TPSA) is 64.1 Å². The summed E-state index contributed by atoms with van der Waals surface area (Å²) in [6.07, 6.45) is 2.86. The van der Waals surface area contributed by atoms with Crippen molar-refractivity contribution >= 4 is 72.6 Å². The van der Waals surface area contributed by atoms with E-state index in [9.17, 15) is 4.79 Å². The van der Waals surface area contributed by atoms with E-state index in [-0.39, 0.29) is 11.5 Å². The van der Waals surface area contributed by atoms with E-state index < -0.39 is 0 Å². The fourth-order valence-corrected chi connectivity index (χ4v) is 6.57.